The molecule has 1 fully saturated rings. The second-order valence-corrected chi connectivity index (χ2v) is 5.30. The molecule has 0 aromatic carbocycles. The summed E-state index contributed by atoms with van der Waals surface area (Å²) in [6, 6.07) is 0.358. The molecular weight excluding hydrogens is 236 g/mol. The van der Waals surface area contributed by atoms with Gasteiger partial charge in [0.2, 0.25) is 0 Å². The lowest BCUT2D eigenvalue weighted by Crippen LogP contribution is -2.52. The molecule has 0 aromatic rings. The molecule has 1 aliphatic rings. The minimum Gasteiger partial charge on any atom is -0.481 e. The van der Waals surface area contributed by atoms with Crippen molar-refractivity contribution in [3.63, 3.8) is 0 Å². The van der Waals surface area contributed by atoms with Crippen molar-refractivity contribution in [3.8, 4) is 0 Å². The van der Waals surface area contributed by atoms with Crippen LogP contribution in [-0.2, 0) is 9.53 Å². The van der Waals surface area contributed by atoms with E-state index in [0.717, 1.165) is 26.6 Å². The Morgan fingerprint density at radius 1 is 1.39 bits per heavy atom. The van der Waals surface area contributed by atoms with Gasteiger partial charge in [-0.25, -0.2) is 4.79 Å². The molecule has 0 bridgehead atoms. The predicted molar refractivity (Wildman–Crippen MR) is 68.6 cm³/mol. The zero-order valence-corrected chi connectivity index (χ0v) is 11.8. The van der Waals surface area contributed by atoms with Gasteiger partial charge in [-0.3, -0.25) is 4.79 Å². The van der Waals surface area contributed by atoms with Gasteiger partial charge in [0.05, 0.1) is 0 Å². The SMILES string of the molecule is CC(=O)O.CC1CN(C(=O)OC(C)(C)C)CCN1. The second-order valence-electron chi connectivity index (χ2n) is 5.30. The quantitative estimate of drug-likeness (QED) is 0.686. The number of nitrogens with one attached hydrogen (secondary N) is 1. The molecule has 18 heavy (non-hydrogen) atoms. The van der Waals surface area contributed by atoms with Crippen LogP contribution in [0.4, 0.5) is 4.79 Å². The number of amides is 1. The molecule has 1 atom stereocenters. The average molecular weight is 260 g/mol. The molecule has 1 amide bonds. The maximum Gasteiger partial charge on any atom is 0.410 e. The van der Waals surface area contributed by atoms with E-state index in [0.29, 0.717) is 6.04 Å². The molecule has 1 heterocycles. The monoisotopic (exact) mass is 260 g/mol. The average Bonchev–Trinajstić information content (AvgIpc) is 2.14. The molecule has 1 saturated heterocycles. The maximum absolute atomic E-state index is 11.6. The Hall–Kier alpha value is -1.30. The number of hydrogen-bond acceptors (Lipinski definition) is 4. The van der Waals surface area contributed by atoms with Crippen molar-refractivity contribution in [1.82, 2.24) is 10.2 Å². The molecule has 0 radical (unpaired) electrons. The number of nitrogens with zero attached hydrogens (tertiary/aromatic N) is 1. The number of aliphatic carboxylic acids is 1. The lowest BCUT2D eigenvalue weighted by Gasteiger charge is -2.33. The highest BCUT2D eigenvalue weighted by Crippen LogP contribution is 2.11. The standard InChI is InChI=1S/C10H20N2O2.C2H4O2/c1-8-7-12(6-5-11-8)9(13)14-10(2,3)4;1-2(3)4/h8,11H,5-7H2,1-4H3;1H3,(H,3,4). The third-order valence-corrected chi connectivity index (χ3v) is 2.02. The Labute approximate surface area is 108 Å². The zero-order valence-electron chi connectivity index (χ0n) is 11.8. The predicted octanol–water partition coefficient (Wildman–Crippen LogP) is 1.31. The Morgan fingerprint density at radius 3 is 2.28 bits per heavy atom. The molecule has 1 unspecified atom stereocenters. The summed E-state index contributed by atoms with van der Waals surface area (Å²) in [6.07, 6.45) is -0.203. The van der Waals surface area contributed by atoms with Crippen molar-refractivity contribution in [2.75, 3.05) is 19.6 Å². The van der Waals surface area contributed by atoms with E-state index in [1.165, 1.54) is 0 Å². The van der Waals surface area contributed by atoms with E-state index >= 15 is 0 Å². The molecule has 0 spiro atoms. The van der Waals surface area contributed by atoms with Crippen LogP contribution in [-0.4, -0.2) is 53.3 Å². The van der Waals surface area contributed by atoms with Crippen LogP contribution < -0.4 is 5.32 Å². The van der Waals surface area contributed by atoms with E-state index in [9.17, 15) is 4.79 Å². The lowest BCUT2D eigenvalue weighted by atomic mass is 10.2. The summed E-state index contributed by atoms with van der Waals surface area (Å²) in [4.78, 5) is 22.4. The number of piperazine rings is 1. The van der Waals surface area contributed by atoms with Gasteiger partial charge in [0, 0.05) is 32.6 Å². The third-order valence-electron chi connectivity index (χ3n) is 2.02. The first-order chi connectivity index (χ1) is 8.11. The minimum atomic E-state index is -0.833. The highest BCUT2D eigenvalue weighted by atomic mass is 16.6. The number of rotatable bonds is 0. The largest absolute Gasteiger partial charge is 0.481 e. The van der Waals surface area contributed by atoms with Gasteiger partial charge >= 0.3 is 6.09 Å². The molecule has 2 N–H and O–H groups in total. The highest BCUT2D eigenvalue weighted by molar-refractivity contribution is 5.68. The molecule has 1 rings (SSSR count). The molecule has 1 aliphatic heterocycles. The first-order valence-electron chi connectivity index (χ1n) is 6.02. The van der Waals surface area contributed by atoms with Crippen molar-refractivity contribution in [3.05, 3.63) is 0 Å². The first kappa shape index (κ1) is 16.7. The van der Waals surface area contributed by atoms with Crippen LogP contribution in [0.1, 0.15) is 34.6 Å². The molecular formula is C12H24N2O4. The van der Waals surface area contributed by atoms with Crippen LogP contribution >= 0.6 is 0 Å². The van der Waals surface area contributed by atoms with E-state index in [-0.39, 0.29) is 6.09 Å². The first-order valence-corrected chi connectivity index (χ1v) is 6.02. The topological polar surface area (TPSA) is 78.9 Å². The summed E-state index contributed by atoms with van der Waals surface area (Å²) in [5, 5.41) is 10.7. The second kappa shape index (κ2) is 7.20. The molecule has 0 aliphatic carbocycles. The molecule has 6 heteroatoms. The summed E-state index contributed by atoms with van der Waals surface area (Å²) >= 11 is 0. The number of ether oxygens (including phenoxy) is 1. The number of carboxylic acids is 1. The maximum atomic E-state index is 11.6. The van der Waals surface area contributed by atoms with Gasteiger partial charge in [-0.05, 0) is 27.7 Å². The zero-order chi connectivity index (χ0) is 14.3. The van der Waals surface area contributed by atoms with Gasteiger partial charge < -0.3 is 20.1 Å². The highest BCUT2D eigenvalue weighted by Gasteiger charge is 2.25. The van der Waals surface area contributed by atoms with Crippen LogP contribution in [0.5, 0.6) is 0 Å². The lowest BCUT2D eigenvalue weighted by molar-refractivity contribution is -0.134. The summed E-state index contributed by atoms with van der Waals surface area (Å²) in [5.41, 5.74) is -0.398. The van der Waals surface area contributed by atoms with Crippen LogP contribution in [0, 0.1) is 0 Å². The fraction of sp³-hybridized carbons (Fsp3) is 0.833. The van der Waals surface area contributed by atoms with E-state index in [2.05, 4.69) is 12.2 Å². The van der Waals surface area contributed by atoms with Gasteiger partial charge in [-0.1, -0.05) is 0 Å². The van der Waals surface area contributed by atoms with Gasteiger partial charge in [-0.2, -0.15) is 0 Å². The molecule has 0 saturated carbocycles. The van der Waals surface area contributed by atoms with E-state index in [1.54, 1.807) is 4.90 Å². The number of carbonyl (C=O) groups excluding carboxylic acids is 1. The van der Waals surface area contributed by atoms with E-state index in [4.69, 9.17) is 14.6 Å². The van der Waals surface area contributed by atoms with E-state index in [1.807, 2.05) is 20.8 Å². The fourth-order valence-corrected chi connectivity index (χ4v) is 1.42. The number of carboxylic acid groups (broad SMARTS) is 1. The summed E-state index contributed by atoms with van der Waals surface area (Å²) in [5.74, 6) is -0.833. The third kappa shape index (κ3) is 8.81. The van der Waals surface area contributed by atoms with Crippen LogP contribution in [0.15, 0.2) is 0 Å². The summed E-state index contributed by atoms with van der Waals surface area (Å²) in [7, 11) is 0. The van der Waals surface area contributed by atoms with Crippen molar-refractivity contribution in [1.29, 1.82) is 0 Å². The Morgan fingerprint density at radius 2 is 1.89 bits per heavy atom. The van der Waals surface area contributed by atoms with Gasteiger partial charge in [0.1, 0.15) is 5.60 Å². The van der Waals surface area contributed by atoms with Gasteiger partial charge in [-0.15, -0.1) is 0 Å². The minimum absolute atomic E-state index is 0.203. The summed E-state index contributed by atoms with van der Waals surface area (Å²) < 4.78 is 5.28. The van der Waals surface area contributed by atoms with Gasteiger partial charge in [0.25, 0.3) is 5.97 Å². The van der Waals surface area contributed by atoms with Crippen molar-refractivity contribution in [2.45, 2.75) is 46.3 Å². The van der Waals surface area contributed by atoms with E-state index < -0.39 is 11.6 Å². The Bertz CT molecular complexity index is 282. The smallest absolute Gasteiger partial charge is 0.410 e. The van der Waals surface area contributed by atoms with Crippen molar-refractivity contribution in [2.24, 2.45) is 0 Å². The van der Waals surface area contributed by atoms with Crippen LogP contribution in [0.2, 0.25) is 0 Å². The fourth-order valence-electron chi connectivity index (χ4n) is 1.42. The molecule has 106 valence electrons. The van der Waals surface area contributed by atoms with Crippen LogP contribution in [0.25, 0.3) is 0 Å². The van der Waals surface area contributed by atoms with Crippen LogP contribution in [0.3, 0.4) is 0 Å². The van der Waals surface area contributed by atoms with Gasteiger partial charge in [0.15, 0.2) is 0 Å². The normalized spacial score (nSPS) is 19.6. The Kier molecular flexibility index (Phi) is 6.68. The summed E-state index contributed by atoms with van der Waals surface area (Å²) in [6.45, 7) is 11.1. The van der Waals surface area contributed by atoms with Crippen molar-refractivity contribution < 1.29 is 19.4 Å². The number of hydrogen-bond donors (Lipinski definition) is 2. The number of carbonyl (C=O) groups is 2. The Balaban J connectivity index is 0.000000631. The molecule has 0 aromatic heterocycles. The molecule has 6 nitrogen and oxygen atoms in total. The van der Waals surface area contributed by atoms with Crippen molar-refractivity contribution >= 4 is 12.1 Å².